The average Bonchev–Trinajstić information content (AvgIpc) is 2.34. The zero-order valence-corrected chi connectivity index (χ0v) is 8.29. The van der Waals surface area contributed by atoms with Gasteiger partial charge in [-0.05, 0) is 19.3 Å². The third kappa shape index (κ3) is 2.95. The minimum Gasteiger partial charge on any atom is -0.368 e. The fraction of sp³-hybridized carbons (Fsp3) is 0.800. The molecule has 3 atom stereocenters. The van der Waals surface area contributed by atoms with E-state index < -0.39 is 6.29 Å². The van der Waals surface area contributed by atoms with Crippen LogP contribution in [0, 0.1) is 11.8 Å². The van der Waals surface area contributed by atoms with Gasteiger partial charge in [0.15, 0.2) is 6.29 Å². The molecular weight excluding hydrogens is 152 g/mol. The molecule has 1 aliphatic rings. The second-order valence-corrected chi connectivity index (χ2v) is 3.48. The van der Waals surface area contributed by atoms with Crippen LogP contribution in [0.1, 0.15) is 27.2 Å². The molecule has 1 N–H and O–H groups in total. The summed E-state index contributed by atoms with van der Waals surface area (Å²) in [7, 11) is 0. The van der Waals surface area contributed by atoms with Crippen molar-refractivity contribution >= 4 is 0 Å². The Labute approximate surface area is 75.2 Å². The largest absolute Gasteiger partial charge is 0.368 e. The molecule has 1 heterocycles. The second kappa shape index (κ2) is 5.33. The first-order chi connectivity index (χ1) is 5.61. The van der Waals surface area contributed by atoms with Crippen LogP contribution in [0.25, 0.3) is 0 Å². The normalized spacial score (nSPS) is 34.6. The lowest BCUT2D eigenvalue weighted by Gasteiger charge is -2.15. The zero-order valence-electron chi connectivity index (χ0n) is 8.29. The monoisotopic (exact) mass is 172 g/mol. The molecule has 2 heteroatoms. The number of aliphatic hydroxyl groups excluding tert-OH is 1. The lowest BCUT2D eigenvalue weighted by atomic mass is 9.92. The van der Waals surface area contributed by atoms with Gasteiger partial charge in [-0.2, -0.15) is 0 Å². The molecule has 0 aromatic heterocycles. The van der Waals surface area contributed by atoms with Crippen molar-refractivity contribution in [2.45, 2.75) is 39.6 Å². The Balaban J connectivity index is 0.000000561. The summed E-state index contributed by atoms with van der Waals surface area (Å²) >= 11 is 0. The lowest BCUT2D eigenvalue weighted by Crippen LogP contribution is -2.19. The second-order valence-electron chi connectivity index (χ2n) is 3.48. The average molecular weight is 172 g/mol. The van der Waals surface area contributed by atoms with E-state index in [0.29, 0.717) is 11.8 Å². The number of rotatable bonds is 1. The molecule has 0 spiro atoms. The van der Waals surface area contributed by atoms with Crippen LogP contribution < -0.4 is 0 Å². The number of hydrogen-bond donors (Lipinski definition) is 1. The summed E-state index contributed by atoms with van der Waals surface area (Å²) in [5.41, 5.74) is 0. The van der Waals surface area contributed by atoms with Crippen LogP contribution >= 0.6 is 0 Å². The van der Waals surface area contributed by atoms with Gasteiger partial charge in [-0.3, -0.25) is 0 Å². The molecule has 1 aliphatic heterocycles. The number of hydrogen-bond acceptors (Lipinski definition) is 2. The van der Waals surface area contributed by atoms with Crippen LogP contribution in [0.5, 0.6) is 0 Å². The minimum atomic E-state index is -0.519. The van der Waals surface area contributed by atoms with E-state index in [1.807, 2.05) is 6.92 Å². The van der Waals surface area contributed by atoms with Gasteiger partial charge in [-0.1, -0.05) is 13.8 Å². The Morgan fingerprint density at radius 1 is 1.42 bits per heavy atom. The molecule has 0 saturated carbocycles. The molecule has 1 fully saturated rings. The van der Waals surface area contributed by atoms with Gasteiger partial charge in [-0.25, -0.2) is 0 Å². The van der Waals surface area contributed by atoms with E-state index in [1.54, 1.807) is 0 Å². The summed E-state index contributed by atoms with van der Waals surface area (Å²) in [5.74, 6) is 0.870. The molecule has 0 aromatic carbocycles. The summed E-state index contributed by atoms with van der Waals surface area (Å²) in [4.78, 5) is 0. The highest BCUT2D eigenvalue weighted by Gasteiger charge is 2.32. The van der Waals surface area contributed by atoms with E-state index in [-0.39, 0.29) is 6.10 Å². The van der Waals surface area contributed by atoms with E-state index in [1.165, 1.54) is 0 Å². The minimum absolute atomic E-state index is 0.238. The summed E-state index contributed by atoms with van der Waals surface area (Å²) in [6, 6.07) is 0. The highest BCUT2D eigenvalue weighted by Crippen LogP contribution is 2.30. The third-order valence-electron chi connectivity index (χ3n) is 2.20. The van der Waals surface area contributed by atoms with Gasteiger partial charge < -0.3 is 9.84 Å². The van der Waals surface area contributed by atoms with Gasteiger partial charge in [0, 0.05) is 5.92 Å². The molecule has 72 valence electrons. The quantitative estimate of drug-likeness (QED) is 0.614. The van der Waals surface area contributed by atoms with E-state index in [2.05, 4.69) is 27.0 Å². The standard InChI is InChI=1S/C8H16O2.C2H4/c1-5(2)7-4-6(3)10-8(7)9;1-2/h5-9H,4H2,1-3H3;1-2H2. The Hall–Kier alpha value is -0.340. The highest BCUT2D eigenvalue weighted by atomic mass is 16.6. The lowest BCUT2D eigenvalue weighted by molar-refractivity contribution is -0.110. The first-order valence-corrected chi connectivity index (χ1v) is 4.44. The van der Waals surface area contributed by atoms with Crippen molar-refractivity contribution in [1.82, 2.24) is 0 Å². The van der Waals surface area contributed by atoms with Gasteiger partial charge in [0.2, 0.25) is 0 Å². The smallest absolute Gasteiger partial charge is 0.158 e. The van der Waals surface area contributed by atoms with Gasteiger partial charge in [0.25, 0.3) is 0 Å². The van der Waals surface area contributed by atoms with Crippen molar-refractivity contribution in [3.8, 4) is 0 Å². The number of ether oxygens (including phenoxy) is 1. The fourth-order valence-electron chi connectivity index (χ4n) is 1.50. The maximum atomic E-state index is 9.31. The maximum Gasteiger partial charge on any atom is 0.158 e. The van der Waals surface area contributed by atoms with Crippen LogP contribution in [0.15, 0.2) is 13.2 Å². The molecule has 1 rings (SSSR count). The molecule has 0 bridgehead atoms. The molecule has 3 unspecified atom stereocenters. The van der Waals surface area contributed by atoms with Crippen molar-refractivity contribution in [3.05, 3.63) is 13.2 Å². The molecule has 0 aliphatic carbocycles. The van der Waals surface area contributed by atoms with Gasteiger partial charge in [0.05, 0.1) is 6.10 Å². The van der Waals surface area contributed by atoms with Gasteiger partial charge in [0.1, 0.15) is 0 Å². The van der Waals surface area contributed by atoms with E-state index in [4.69, 9.17) is 4.74 Å². The fourth-order valence-corrected chi connectivity index (χ4v) is 1.50. The summed E-state index contributed by atoms with van der Waals surface area (Å²) in [5, 5.41) is 9.31. The van der Waals surface area contributed by atoms with E-state index in [0.717, 1.165) is 6.42 Å². The Bertz CT molecular complexity index is 123. The predicted molar refractivity (Wildman–Crippen MR) is 50.8 cm³/mol. The molecule has 0 aromatic rings. The Morgan fingerprint density at radius 2 is 1.92 bits per heavy atom. The van der Waals surface area contributed by atoms with Crippen molar-refractivity contribution < 1.29 is 9.84 Å². The first-order valence-electron chi connectivity index (χ1n) is 4.44. The summed E-state index contributed by atoms with van der Waals surface area (Å²) < 4.78 is 5.19. The predicted octanol–water partition coefficient (Wildman–Crippen LogP) is 2.19. The van der Waals surface area contributed by atoms with Crippen LogP contribution in [0.3, 0.4) is 0 Å². The van der Waals surface area contributed by atoms with Crippen LogP contribution in [0.4, 0.5) is 0 Å². The van der Waals surface area contributed by atoms with Crippen molar-refractivity contribution in [3.63, 3.8) is 0 Å². The molecular formula is C10H20O2. The van der Waals surface area contributed by atoms with Crippen molar-refractivity contribution in [2.24, 2.45) is 11.8 Å². The summed E-state index contributed by atoms with van der Waals surface area (Å²) in [6.45, 7) is 12.2. The Kier molecular flexibility index (Phi) is 5.18. The molecule has 0 amide bonds. The molecule has 12 heavy (non-hydrogen) atoms. The highest BCUT2D eigenvalue weighted by molar-refractivity contribution is 4.75. The van der Waals surface area contributed by atoms with Crippen LogP contribution in [-0.2, 0) is 4.74 Å². The SMILES string of the molecule is C=C.CC1CC(C(C)C)C(O)O1. The van der Waals surface area contributed by atoms with Crippen molar-refractivity contribution in [2.75, 3.05) is 0 Å². The van der Waals surface area contributed by atoms with Crippen LogP contribution in [-0.4, -0.2) is 17.5 Å². The number of aliphatic hydroxyl groups is 1. The van der Waals surface area contributed by atoms with Crippen LogP contribution in [0.2, 0.25) is 0 Å². The van der Waals surface area contributed by atoms with Gasteiger partial charge >= 0.3 is 0 Å². The molecule has 2 nitrogen and oxygen atoms in total. The molecule has 0 radical (unpaired) electrons. The Morgan fingerprint density at radius 3 is 2.08 bits per heavy atom. The third-order valence-corrected chi connectivity index (χ3v) is 2.20. The van der Waals surface area contributed by atoms with Gasteiger partial charge in [-0.15, -0.1) is 13.2 Å². The van der Waals surface area contributed by atoms with Crippen molar-refractivity contribution in [1.29, 1.82) is 0 Å². The zero-order chi connectivity index (χ0) is 9.72. The first kappa shape index (κ1) is 11.7. The van der Waals surface area contributed by atoms with E-state index >= 15 is 0 Å². The maximum absolute atomic E-state index is 9.31. The summed E-state index contributed by atoms with van der Waals surface area (Å²) in [6.07, 6.45) is 0.719. The molecule has 1 saturated heterocycles. The topological polar surface area (TPSA) is 29.5 Å². The van der Waals surface area contributed by atoms with E-state index in [9.17, 15) is 5.11 Å².